The van der Waals surface area contributed by atoms with E-state index in [1.807, 2.05) is 140 Å². The topological polar surface area (TPSA) is 105 Å². The first-order valence-corrected chi connectivity index (χ1v) is 20.8. The van der Waals surface area contributed by atoms with Crippen LogP contribution in [0.25, 0.3) is 0 Å². The lowest BCUT2D eigenvalue weighted by Crippen LogP contribution is -2.38. The van der Waals surface area contributed by atoms with Crippen LogP contribution in [0.1, 0.15) is 46.2 Å². The molecule has 316 valence electrons. The summed E-state index contributed by atoms with van der Waals surface area (Å²) in [5.41, 5.74) is 3.89. The van der Waals surface area contributed by atoms with E-state index in [1.165, 1.54) is 0 Å². The largest absolute Gasteiger partial charge is 0.497 e. The maximum Gasteiger partial charge on any atom is 0.143 e. The fraction of sp³-hybridized carbons (Fsp3) is 0.294. The second kappa shape index (κ2) is 20.7. The minimum absolute atomic E-state index is 0.168. The minimum atomic E-state index is -0.949. The molecule has 6 aromatic carbocycles. The lowest BCUT2D eigenvalue weighted by atomic mass is 9.80. The average molecular weight is 831 g/mol. The van der Waals surface area contributed by atoms with Crippen molar-refractivity contribution in [3.63, 3.8) is 0 Å². The summed E-state index contributed by atoms with van der Waals surface area (Å²) in [4.78, 5) is 0. The highest BCUT2D eigenvalue weighted by Gasteiger charge is 2.42. The Morgan fingerprint density at radius 2 is 0.694 bits per heavy atom. The van der Waals surface area contributed by atoms with E-state index in [4.69, 9.17) is 48.9 Å². The van der Waals surface area contributed by atoms with Crippen LogP contribution in [0.3, 0.4) is 0 Å². The van der Waals surface area contributed by atoms with Gasteiger partial charge in [0, 0.05) is 12.0 Å². The Labute approximate surface area is 367 Å². The molecule has 4 radical (unpaired) electrons. The summed E-state index contributed by atoms with van der Waals surface area (Å²) in [5, 5.41) is 20.7. The molecule has 0 amide bonds. The van der Waals surface area contributed by atoms with Crippen molar-refractivity contribution in [1.82, 2.24) is 0 Å². The molecule has 0 bridgehead atoms. The van der Waals surface area contributed by atoms with Gasteiger partial charge in [-0.25, -0.2) is 0 Å². The van der Waals surface area contributed by atoms with Gasteiger partial charge in [0.05, 0.1) is 46.8 Å². The Hall–Kier alpha value is -5.39. The smallest absolute Gasteiger partial charge is 0.143 e. The number of benzene rings is 6. The van der Waals surface area contributed by atoms with Crippen LogP contribution in [0.15, 0.2) is 164 Å². The van der Waals surface area contributed by atoms with Gasteiger partial charge in [0.1, 0.15) is 56.4 Å². The van der Waals surface area contributed by atoms with Crippen molar-refractivity contribution in [2.75, 3.05) is 34.5 Å². The molecule has 2 heterocycles. The third-order valence-electron chi connectivity index (χ3n) is 11.5. The van der Waals surface area contributed by atoms with Crippen LogP contribution in [0.4, 0.5) is 0 Å². The molecule has 9 nitrogen and oxygen atoms in total. The number of aliphatic hydroxyl groups excluding tert-OH is 2. The van der Waals surface area contributed by atoms with Gasteiger partial charge in [0.15, 0.2) is 0 Å². The molecule has 62 heavy (non-hydrogen) atoms. The highest BCUT2D eigenvalue weighted by atomic mass is 16.6. The molecule has 6 aromatic rings. The summed E-state index contributed by atoms with van der Waals surface area (Å²) in [5.74, 6) is 2.28. The first-order valence-electron chi connectivity index (χ1n) is 20.8. The van der Waals surface area contributed by atoms with Gasteiger partial charge in [-0.2, -0.15) is 0 Å². The molecule has 0 saturated carbocycles. The van der Waals surface area contributed by atoms with Crippen molar-refractivity contribution < 1.29 is 43.4 Å². The number of hydrogen-bond donors (Lipinski definition) is 2. The van der Waals surface area contributed by atoms with Crippen molar-refractivity contribution in [2.24, 2.45) is 0 Å². The molecule has 0 aliphatic carbocycles. The van der Waals surface area contributed by atoms with Crippen LogP contribution in [0.5, 0.6) is 17.2 Å². The van der Waals surface area contributed by atoms with Crippen LogP contribution >= 0.6 is 0 Å². The van der Waals surface area contributed by atoms with Gasteiger partial charge in [-0.05, 0) is 82.6 Å². The standard InChI is InChI=1S/C26H27BO5.C25H25BO4/c1-29-21-12-8-19(9-13-21)26(18-6-4-3-5-7-18,20-10-14-22(30-2)15-11-20)31-17-24-23(28)16-25(27)32-24;1-28-21-14-12-20(13-15-21)25(18-8-4-2-5-9-18,19-10-6-3-7-11-19)29-17-23-22(27)16-24(26)30-23/h3-15,23-25,28H,16-17H2,1-2H3;2-15,22-24,27H,16-17H2,1H3/t23-,24-,25-;22-,23-,24-/m11/s1. The SMILES string of the molecule is [B][C@H]1C[C@@H](O)[C@@H](COC(c2ccccc2)(c2ccc(OC)cc2)c2ccc(OC)cc2)O1.[B][C@H]1C[C@@H](O)[C@@H](COC(c2ccccc2)(c2ccccc2)c2ccc(OC)cc2)O1. The van der Waals surface area contributed by atoms with Crippen LogP contribution in [-0.2, 0) is 30.1 Å². The van der Waals surface area contributed by atoms with Crippen molar-refractivity contribution in [2.45, 2.75) is 60.5 Å². The number of rotatable bonds is 15. The Balaban J connectivity index is 0.000000187. The van der Waals surface area contributed by atoms with Crippen molar-refractivity contribution >= 4 is 15.7 Å². The molecule has 11 heteroatoms. The summed E-state index contributed by atoms with van der Waals surface area (Å²) in [6.45, 7) is 0.368. The molecule has 2 aliphatic heterocycles. The van der Waals surface area contributed by atoms with Crippen LogP contribution in [0.2, 0.25) is 0 Å². The van der Waals surface area contributed by atoms with Crippen LogP contribution in [0, 0.1) is 0 Å². The fourth-order valence-electron chi connectivity index (χ4n) is 8.23. The van der Waals surface area contributed by atoms with Gasteiger partial charge in [0.2, 0.25) is 0 Å². The maximum absolute atomic E-state index is 10.4. The molecule has 2 fully saturated rings. The van der Waals surface area contributed by atoms with Crippen LogP contribution < -0.4 is 14.2 Å². The first kappa shape index (κ1) is 44.7. The van der Waals surface area contributed by atoms with E-state index in [9.17, 15) is 10.2 Å². The monoisotopic (exact) mass is 830 g/mol. The van der Waals surface area contributed by atoms with Gasteiger partial charge in [-0.1, -0.05) is 127 Å². The van der Waals surface area contributed by atoms with Crippen LogP contribution in [-0.4, -0.2) is 96.9 Å². The van der Waals surface area contributed by atoms with Crippen molar-refractivity contribution in [3.05, 3.63) is 197 Å². The quantitative estimate of drug-likeness (QED) is 0.0815. The lowest BCUT2D eigenvalue weighted by Gasteiger charge is -2.37. The maximum atomic E-state index is 10.4. The van der Waals surface area contributed by atoms with Crippen molar-refractivity contribution in [1.29, 1.82) is 0 Å². The second-order valence-corrected chi connectivity index (χ2v) is 15.3. The normalized spacial score (nSPS) is 21.1. The third kappa shape index (κ3) is 9.79. The van der Waals surface area contributed by atoms with E-state index in [0.29, 0.717) is 12.8 Å². The zero-order valence-corrected chi connectivity index (χ0v) is 35.3. The molecule has 6 atom stereocenters. The molecular formula is C51H52B2O9. The van der Waals surface area contributed by atoms with Gasteiger partial charge in [0.25, 0.3) is 0 Å². The lowest BCUT2D eigenvalue weighted by molar-refractivity contribution is -0.0737. The zero-order chi connectivity index (χ0) is 43.5. The molecule has 2 saturated heterocycles. The predicted molar refractivity (Wildman–Crippen MR) is 240 cm³/mol. The molecule has 2 aliphatic rings. The molecule has 0 unspecified atom stereocenters. The Bertz CT molecular complexity index is 2160. The Kier molecular flexibility index (Phi) is 14.9. The van der Waals surface area contributed by atoms with E-state index in [-0.39, 0.29) is 13.2 Å². The predicted octanol–water partition coefficient (Wildman–Crippen LogP) is 7.30. The summed E-state index contributed by atoms with van der Waals surface area (Å²) in [6.07, 6.45) is -1.53. The molecular weight excluding hydrogens is 778 g/mol. The molecule has 0 spiro atoms. The van der Waals surface area contributed by atoms with E-state index >= 15 is 0 Å². The number of methoxy groups -OCH3 is 3. The van der Waals surface area contributed by atoms with Gasteiger partial charge < -0.3 is 43.4 Å². The van der Waals surface area contributed by atoms with E-state index in [1.54, 1.807) is 21.3 Å². The van der Waals surface area contributed by atoms with E-state index in [2.05, 4.69) is 24.3 Å². The summed E-state index contributed by atoms with van der Waals surface area (Å²) < 4.78 is 40.9. The van der Waals surface area contributed by atoms with E-state index in [0.717, 1.165) is 50.6 Å². The van der Waals surface area contributed by atoms with E-state index < -0.39 is 47.6 Å². The Morgan fingerprint density at radius 1 is 0.435 bits per heavy atom. The fourth-order valence-corrected chi connectivity index (χ4v) is 8.23. The number of hydrogen-bond acceptors (Lipinski definition) is 9. The third-order valence-corrected chi connectivity index (χ3v) is 11.5. The molecule has 0 aromatic heterocycles. The summed E-state index contributed by atoms with van der Waals surface area (Å²) in [7, 11) is 16.7. The molecule has 8 rings (SSSR count). The molecule has 2 N–H and O–H groups in total. The number of ether oxygens (including phenoxy) is 7. The highest BCUT2D eigenvalue weighted by Crippen LogP contribution is 2.43. The summed E-state index contributed by atoms with van der Waals surface area (Å²) >= 11 is 0. The second-order valence-electron chi connectivity index (χ2n) is 15.3. The highest BCUT2D eigenvalue weighted by molar-refractivity contribution is 6.11. The average Bonchev–Trinajstić information content (AvgIpc) is 3.84. The first-order chi connectivity index (χ1) is 30.2. The minimum Gasteiger partial charge on any atom is -0.497 e. The van der Waals surface area contributed by atoms with Crippen molar-refractivity contribution in [3.8, 4) is 17.2 Å². The van der Waals surface area contributed by atoms with Gasteiger partial charge >= 0.3 is 0 Å². The summed E-state index contributed by atoms with van der Waals surface area (Å²) in [6, 6.07) is 52.7. The van der Waals surface area contributed by atoms with Gasteiger partial charge in [-0.3, -0.25) is 0 Å². The Morgan fingerprint density at radius 3 is 0.919 bits per heavy atom. The zero-order valence-electron chi connectivity index (χ0n) is 35.3. The number of aliphatic hydroxyl groups is 2. The van der Waals surface area contributed by atoms with Gasteiger partial charge in [-0.15, -0.1) is 0 Å².